The van der Waals surface area contributed by atoms with E-state index in [0.29, 0.717) is 87.6 Å². The normalized spacial score (nSPS) is 13.7. The Balaban J connectivity index is 0.000000433. The number of nitrogens with zero attached hydrogens (tertiary/aromatic N) is 2. The number of hydrogen-bond acceptors (Lipinski definition) is 23. The summed E-state index contributed by atoms with van der Waals surface area (Å²) >= 11 is 17.1. The lowest BCUT2D eigenvalue weighted by molar-refractivity contribution is -0.135. The Labute approximate surface area is 661 Å². The van der Waals surface area contributed by atoms with Crippen LogP contribution in [0.15, 0.2) is 190 Å². The summed E-state index contributed by atoms with van der Waals surface area (Å²) in [6.45, 7) is 13.2. The van der Waals surface area contributed by atoms with Gasteiger partial charge in [-0.1, -0.05) is 107 Å². The van der Waals surface area contributed by atoms with E-state index in [1.807, 2.05) is 93.6 Å². The zero-order valence-corrected chi connectivity index (χ0v) is 68.5. The van der Waals surface area contributed by atoms with E-state index in [9.17, 15) is 39.9 Å². The van der Waals surface area contributed by atoms with E-state index >= 15 is 0 Å². The van der Waals surface area contributed by atoms with Crippen LogP contribution in [0, 0.1) is 20.8 Å². The quantitative estimate of drug-likeness (QED) is 0.0116. The zero-order valence-electron chi connectivity index (χ0n) is 63.0. The molecular formula is C77H102Cl4N2O23S3. The fourth-order valence-corrected chi connectivity index (χ4v) is 12.0. The van der Waals surface area contributed by atoms with Crippen LogP contribution in [0.1, 0.15) is 71.0 Å². The first kappa shape index (κ1) is 98.2. The van der Waals surface area contributed by atoms with Gasteiger partial charge < -0.3 is 67.6 Å². The van der Waals surface area contributed by atoms with Crippen molar-refractivity contribution in [1.29, 1.82) is 0 Å². The van der Waals surface area contributed by atoms with Crippen LogP contribution in [0.3, 0.4) is 0 Å². The molecule has 1 saturated heterocycles. The highest BCUT2D eigenvalue weighted by molar-refractivity contribution is 8.13. The number of carbonyl (C=O) groups excluding carboxylic acids is 1. The summed E-state index contributed by atoms with van der Waals surface area (Å²) in [4.78, 5) is 30.5. The molecule has 1 aromatic heterocycles. The van der Waals surface area contributed by atoms with E-state index < -0.39 is 41.2 Å². The predicted molar refractivity (Wildman–Crippen MR) is 420 cm³/mol. The lowest BCUT2D eigenvalue weighted by atomic mass is 9.84. The summed E-state index contributed by atoms with van der Waals surface area (Å²) in [6.07, 6.45) is 3.48. The second kappa shape index (κ2) is 56.3. The van der Waals surface area contributed by atoms with Crippen molar-refractivity contribution in [2.45, 2.75) is 92.0 Å². The van der Waals surface area contributed by atoms with Crippen molar-refractivity contribution in [2.75, 3.05) is 135 Å². The molecule has 7 aromatic rings. The Morgan fingerprint density at radius 2 is 0.890 bits per heavy atom. The van der Waals surface area contributed by atoms with E-state index in [1.165, 1.54) is 56.8 Å². The number of amides is 1. The number of pyridine rings is 1. The Hall–Kier alpha value is -6.88. The van der Waals surface area contributed by atoms with Crippen LogP contribution >= 0.6 is 45.5 Å². The molecule has 604 valence electrons. The smallest absolute Gasteiger partial charge is 0.333 e. The summed E-state index contributed by atoms with van der Waals surface area (Å²) in [5.41, 5.74) is 7.50. The summed E-state index contributed by atoms with van der Waals surface area (Å²) in [6, 6.07) is 45.5. The standard InChI is InChI=1S/C17H19ClN2O4.2C10H13ClO2.2C10H14O4S.C10H14O3.C7H7ClO2S.C3H8O2/c1-10-16(17(22)23)13(11-4-5-14(18)19-8-11)7-15(21)20(10)9-12-3-2-6-24-12;2*1-12-6-7-13-10-4-2-9(8-11)3-5-10;2*1-9-3-5-10(6-4-9)15(11,12)14-8-7-13-2;1-12-6-7-13-10-4-2-9(8-11)3-5-10;1-6-2-4-7(5-3-6)11(8,9)10;1-5-3-2-4/h4-5,8,12-13H,2-3,6-7,9H2,1H3,(H,22,23);2*2-5H,6-8H2,1H3;2*3-6H,7-8H2,1-2H3;2-5,11H,6-8H2,1H3;2-5H,1H3;4H,2-3H2,1H3/t12-,13+;;;;;;;/m1......./s1. The molecule has 25 nitrogen and oxygen atoms in total. The average molecular weight is 1660 g/mol. The van der Waals surface area contributed by atoms with Gasteiger partial charge in [-0.15, -0.1) is 23.2 Å². The van der Waals surface area contributed by atoms with E-state index in [1.54, 1.807) is 88.8 Å². The molecule has 2 aliphatic heterocycles. The summed E-state index contributed by atoms with van der Waals surface area (Å²) in [5, 5.41) is 26.7. The number of carboxylic acid groups (broad SMARTS) is 1. The third kappa shape index (κ3) is 41.3. The van der Waals surface area contributed by atoms with Crippen LogP contribution in [-0.4, -0.2) is 204 Å². The van der Waals surface area contributed by atoms with Gasteiger partial charge in [0.1, 0.15) is 42.2 Å². The molecule has 0 spiro atoms. The maximum absolute atomic E-state index is 12.6. The van der Waals surface area contributed by atoms with Crippen LogP contribution < -0.4 is 14.2 Å². The number of aliphatic hydroxyl groups is 2. The predicted octanol–water partition coefficient (Wildman–Crippen LogP) is 12.9. The minimum atomic E-state index is -3.63. The van der Waals surface area contributed by atoms with E-state index in [2.05, 4.69) is 9.72 Å². The van der Waals surface area contributed by atoms with Crippen molar-refractivity contribution in [3.63, 3.8) is 0 Å². The fourth-order valence-electron chi connectivity index (χ4n) is 8.95. The summed E-state index contributed by atoms with van der Waals surface area (Å²) in [5.74, 6) is 1.97. The number of alkyl halides is 2. The van der Waals surface area contributed by atoms with Crippen LogP contribution in [0.5, 0.6) is 17.2 Å². The molecule has 3 heterocycles. The second-order valence-corrected chi connectivity index (χ2v) is 29.8. The number of aliphatic hydroxyl groups excluding tert-OH is 2. The first-order chi connectivity index (χ1) is 52.1. The molecule has 3 N–H and O–H groups in total. The first-order valence-electron chi connectivity index (χ1n) is 33.9. The number of methoxy groups -OCH3 is 6. The van der Waals surface area contributed by atoms with E-state index in [-0.39, 0.29) is 78.3 Å². The van der Waals surface area contributed by atoms with Crippen molar-refractivity contribution in [3.8, 4) is 17.2 Å². The lowest BCUT2D eigenvalue weighted by Crippen LogP contribution is -2.41. The molecule has 2 atom stereocenters. The number of carbonyl (C=O) groups is 2. The Bertz CT molecular complexity index is 3790. The van der Waals surface area contributed by atoms with Gasteiger partial charge in [0.05, 0.1) is 99.0 Å². The molecule has 0 radical (unpaired) electrons. The van der Waals surface area contributed by atoms with Crippen molar-refractivity contribution in [3.05, 3.63) is 219 Å². The first-order valence-corrected chi connectivity index (χ1v) is 40.5. The zero-order chi connectivity index (χ0) is 81.1. The summed E-state index contributed by atoms with van der Waals surface area (Å²) in [7, 11) is 3.75. The monoisotopic (exact) mass is 1660 g/mol. The molecule has 109 heavy (non-hydrogen) atoms. The highest BCUT2D eigenvalue weighted by Crippen LogP contribution is 2.37. The van der Waals surface area contributed by atoms with Crippen molar-refractivity contribution in [1.82, 2.24) is 9.88 Å². The molecule has 32 heteroatoms. The number of aliphatic carboxylic acids is 1. The van der Waals surface area contributed by atoms with Gasteiger partial charge in [-0.3, -0.25) is 13.2 Å². The van der Waals surface area contributed by atoms with Gasteiger partial charge in [0, 0.05) is 95.9 Å². The maximum atomic E-state index is 12.6. The number of allylic oxidation sites excluding steroid dienone is 1. The molecule has 0 saturated carbocycles. The Kier molecular flexibility index (Phi) is 50.8. The van der Waals surface area contributed by atoms with Gasteiger partial charge in [0.25, 0.3) is 29.3 Å². The number of ether oxygens (including phenoxy) is 10. The number of aryl methyl sites for hydroxylation is 3. The number of hydrogen-bond donors (Lipinski definition) is 3. The SMILES string of the molecule is CC1=C(C(=O)O)[C@H](c2ccc(Cl)nc2)CC(=O)N1C[C@H]1CCCO1.COCCO.COCCOS(=O)(=O)c1ccc(C)cc1.COCCOS(=O)(=O)c1ccc(C)cc1.COCCOc1ccc(CCl)cc1.COCCOc1ccc(CCl)cc1.COCCOc1ccc(CO)cc1.Cc1ccc(S(=O)(=O)Cl)cc1. The molecule has 1 fully saturated rings. The molecule has 0 bridgehead atoms. The van der Waals surface area contributed by atoms with Gasteiger partial charge in [0.15, 0.2) is 0 Å². The van der Waals surface area contributed by atoms with Gasteiger partial charge in [-0.25, -0.2) is 18.2 Å². The van der Waals surface area contributed by atoms with Crippen molar-refractivity contribution >= 4 is 86.6 Å². The number of benzene rings is 6. The maximum Gasteiger partial charge on any atom is 0.333 e. The van der Waals surface area contributed by atoms with Gasteiger partial charge in [0.2, 0.25) is 5.91 Å². The minimum Gasteiger partial charge on any atom is -0.491 e. The third-order valence-electron chi connectivity index (χ3n) is 14.8. The molecule has 6 aromatic carbocycles. The van der Waals surface area contributed by atoms with E-state index in [4.69, 9.17) is 107 Å². The Morgan fingerprint density at radius 3 is 1.19 bits per heavy atom. The van der Waals surface area contributed by atoms with Gasteiger partial charge in [-0.2, -0.15) is 16.8 Å². The highest BCUT2D eigenvalue weighted by Gasteiger charge is 2.37. The molecule has 0 aliphatic carbocycles. The van der Waals surface area contributed by atoms with Crippen LogP contribution in [0.4, 0.5) is 0 Å². The third-order valence-corrected chi connectivity index (χ3v) is 19.7. The van der Waals surface area contributed by atoms with Crippen molar-refractivity contribution < 1.29 is 106 Å². The molecule has 1 amide bonds. The lowest BCUT2D eigenvalue weighted by Gasteiger charge is -2.35. The topological polar surface area (TPSA) is 324 Å². The molecule has 2 aliphatic rings. The largest absolute Gasteiger partial charge is 0.491 e. The minimum absolute atomic E-state index is 0.0207. The van der Waals surface area contributed by atoms with Crippen LogP contribution in [-0.2, 0) is 98.8 Å². The fraction of sp³-hybridized carbons (Fsp3) is 0.416. The van der Waals surface area contributed by atoms with Crippen LogP contribution in [0.2, 0.25) is 5.15 Å². The van der Waals surface area contributed by atoms with Crippen LogP contribution in [0.25, 0.3) is 0 Å². The van der Waals surface area contributed by atoms with Gasteiger partial charge >= 0.3 is 5.97 Å². The molecule has 0 unspecified atom stereocenters. The van der Waals surface area contributed by atoms with Gasteiger partial charge in [-0.05, 0) is 142 Å². The number of aromatic nitrogens is 1. The highest BCUT2D eigenvalue weighted by atomic mass is 35.7. The second-order valence-electron chi connectivity index (χ2n) is 23.1. The number of rotatable bonds is 32. The average Bonchev–Trinajstić information content (AvgIpc) is 1.31. The summed E-state index contributed by atoms with van der Waals surface area (Å²) < 4.78 is 127. The molecular weight excluding hydrogens is 1560 g/mol. The van der Waals surface area contributed by atoms with E-state index in [0.717, 1.165) is 63.5 Å². The number of carboxylic acids is 1. The molecule has 9 rings (SSSR count). The van der Waals surface area contributed by atoms with Crippen molar-refractivity contribution in [2.24, 2.45) is 0 Å². The number of halogens is 4. The Morgan fingerprint density at radius 1 is 0.514 bits per heavy atom.